The molecule has 1 atom stereocenters. The van der Waals surface area contributed by atoms with Crippen LogP contribution in [0.5, 0.6) is 11.6 Å². The number of hydrogen-bond donors (Lipinski definition) is 0. The summed E-state index contributed by atoms with van der Waals surface area (Å²) in [7, 11) is -7.21. The van der Waals surface area contributed by atoms with Gasteiger partial charge in [0.1, 0.15) is 23.8 Å². The lowest BCUT2D eigenvalue weighted by Gasteiger charge is -2.49. The van der Waals surface area contributed by atoms with Crippen molar-refractivity contribution < 1.29 is 58.2 Å². The number of benzene rings is 2. The number of alkyl halides is 5. The summed E-state index contributed by atoms with van der Waals surface area (Å²) in [4.78, 5) is 19.5. The zero-order valence-corrected chi connectivity index (χ0v) is 34.9. The van der Waals surface area contributed by atoms with Crippen LogP contribution in [0.3, 0.4) is 0 Å². The molecule has 1 aromatic heterocycles. The number of halogens is 6. The number of fused-ring (bicyclic) bond motifs is 3. The average Bonchev–Trinajstić information content (AvgIpc) is 3.07. The van der Waals surface area contributed by atoms with Gasteiger partial charge in [-0.25, -0.2) is 17.8 Å². The van der Waals surface area contributed by atoms with Crippen molar-refractivity contribution in [2.75, 3.05) is 55.1 Å². The van der Waals surface area contributed by atoms with Gasteiger partial charge in [-0.3, -0.25) is 14.0 Å². The molecule has 57 heavy (non-hydrogen) atoms. The molecule has 0 spiro atoms. The van der Waals surface area contributed by atoms with Crippen molar-refractivity contribution in [3.05, 3.63) is 60.0 Å². The van der Waals surface area contributed by atoms with Gasteiger partial charge < -0.3 is 23.5 Å². The average molecular weight is 847 g/mol. The van der Waals surface area contributed by atoms with Crippen LogP contribution in [0.4, 0.5) is 37.7 Å². The van der Waals surface area contributed by atoms with Gasteiger partial charge >= 0.3 is 18.8 Å². The Kier molecular flexibility index (Phi) is 12.6. The van der Waals surface area contributed by atoms with Gasteiger partial charge in [-0.05, 0) is 80.4 Å². The van der Waals surface area contributed by atoms with Gasteiger partial charge in [0.2, 0.25) is 5.88 Å². The second-order valence-electron chi connectivity index (χ2n) is 16.4. The largest absolute Gasteiger partial charge is 0.474 e. The second kappa shape index (κ2) is 16.3. The summed E-state index contributed by atoms with van der Waals surface area (Å²) in [5.74, 6) is -2.43. The van der Waals surface area contributed by atoms with Crippen molar-refractivity contribution >= 4 is 35.7 Å². The van der Waals surface area contributed by atoms with E-state index in [1.165, 1.54) is 6.07 Å². The van der Waals surface area contributed by atoms with E-state index in [2.05, 4.69) is 9.72 Å². The van der Waals surface area contributed by atoms with Crippen LogP contribution in [0.2, 0.25) is 18.1 Å². The molecular formula is C38H48F6N4O7SSi. The molecule has 0 amide bonds. The van der Waals surface area contributed by atoms with Crippen LogP contribution in [0.15, 0.2) is 53.6 Å². The predicted octanol–water partition coefficient (Wildman–Crippen LogP) is 7.95. The number of pyridine rings is 1. The first-order valence-electron chi connectivity index (χ1n) is 18.2. The highest BCUT2D eigenvalue weighted by Crippen LogP contribution is 2.44. The number of ether oxygens (including phenoxy) is 3. The Hall–Kier alpha value is -4.07. The Morgan fingerprint density at radius 2 is 1.63 bits per heavy atom. The van der Waals surface area contributed by atoms with Crippen LogP contribution in [0.1, 0.15) is 47.1 Å². The SMILES string of the molecule is CC(C)(C)OC(=O)CN1CCN2c3ccc(-c4cc(F)cc(OC(F)F)c4)cc3N(S(=O)(=O)c3cc(C(F)(F)F)cnc3OCCO[Si](C)(C)C(C)(C)C)C[C@@H]2C1. The molecule has 3 aromatic rings. The molecular weight excluding hydrogens is 799 g/mol. The summed E-state index contributed by atoms with van der Waals surface area (Å²) in [6.45, 7) is 12.3. The van der Waals surface area contributed by atoms with E-state index in [9.17, 15) is 39.6 Å². The van der Waals surface area contributed by atoms with E-state index >= 15 is 0 Å². The molecule has 19 heteroatoms. The Balaban J connectivity index is 1.58. The van der Waals surface area contributed by atoms with Gasteiger partial charge in [0.25, 0.3) is 10.0 Å². The number of carbonyl (C=O) groups is 1. The van der Waals surface area contributed by atoms with E-state index < -0.39 is 76.6 Å². The smallest absolute Gasteiger partial charge is 0.417 e. The summed E-state index contributed by atoms with van der Waals surface area (Å²) in [6, 6.07) is 7.36. The molecule has 2 aromatic carbocycles. The molecule has 5 rings (SSSR count). The van der Waals surface area contributed by atoms with Gasteiger partial charge in [0.15, 0.2) is 13.2 Å². The molecule has 1 fully saturated rings. The molecule has 0 aliphatic carbocycles. The highest BCUT2D eigenvalue weighted by Gasteiger charge is 2.43. The third kappa shape index (κ3) is 10.5. The quantitative estimate of drug-likeness (QED) is 0.0772. The number of aromatic nitrogens is 1. The van der Waals surface area contributed by atoms with Gasteiger partial charge in [-0.15, -0.1) is 0 Å². The third-order valence-corrected chi connectivity index (χ3v) is 16.3. The first kappa shape index (κ1) is 44.0. The second-order valence-corrected chi connectivity index (χ2v) is 23.1. The fourth-order valence-corrected chi connectivity index (χ4v) is 8.95. The lowest BCUT2D eigenvalue weighted by atomic mass is 10.00. The fraction of sp³-hybridized carbons (Fsp3) is 0.526. The van der Waals surface area contributed by atoms with E-state index in [1.807, 2.05) is 38.8 Å². The fourth-order valence-electron chi connectivity index (χ4n) is 6.31. The van der Waals surface area contributed by atoms with Crippen LogP contribution in [0, 0.1) is 5.82 Å². The number of nitrogens with zero attached hydrogens (tertiary/aromatic N) is 4. The van der Waals surface area contributed by atoms with Gasteiger partial charge in [0, 0.05) is 31.9 Å². The van der Waals surface area contributed by atoms with Crippen LogP contribution < -0.4 is 18.7 Å². The summed E-state index contributed by atoms with van der Waals surface area (Å²) in [6.07, 6.45) is -4.47. The first-order valence-corrected chi connectivity index (χ1v) is 22.6. The number of sulfonamides is 1. The Labute approximate surface area is 330 Å². The number of esters is 1. The molecule has 11 nitrogen and oxygen atoms in total. The maximum absolute atomic E-state index is 14.9. The number of piperazine rings is 1. The Bertz CT molecular complexity index is 2060. The standard InChI is InChI=1S/C38H48F6N4O7SSi/c1-36(2,3)55-33(49)23-46-11-12-47-28(21-46)22-48(31-17-24(9-10-30(31)47)25-15-27(39)19-29(16-25)54-35(40)41)56(50,51)32-18-26(38(42,43)44)20-45-34(32)52-13-14-53-57(7,8)37(4,5)6/h9-10,15-20,28,35H,11-14,21-23H2,1-8H3/t28-/m0/s1. The molecule has 0 N–H and O–H groups in total. The van der Waals surface area contributed by atoms with Gasteiger partial charge in [0.05, 0.1) is 42.7 Å². The topological polar surface area (TPSA) is 111 Å². The maximum Gasteiger partial charge on any atom is 0.417 e. The minimum Gasteiger partial charge on any atom is -0.474 e. The van der Waals surface area contributed by atoms with Crippen LogP contribution in [0.25, 0.3) is 11.1 Å². The molecule has 0 radical (unpaired) electrons. The molecule has 0 saturated carbocycles. The number of anilines is 2. The number of rotatable bonds is 12. The van der Waals surface area contributed by atoms with E-state index in [0.29, 0.717) is 31.0 Å². The van der Waals surface area contributed by atoms with Gasteiger partial charge in [-0.2, -0.15) is 22.0 Å². The zero-order chi connectivity index (χ0) is 42.3. The van der Waals surface area contributed by atoms with E-state index in [1.54, 1.807) is 37.8 Å². The number of hydrogen-bond acceptors (Lipinski definition) is 10. The van der Waals surface area contributed by atoms with Crippen LogP contribution >= 0.6 is 0 Å². The highest BCUT2D eigenvalue weighted by atomic mass is 32.2. The van der Waals surface area contributed by atoms with E-state index in [-0.39, 0.29) is 54.7 Å². The number of carbonyl (C=O) groups excluding carboxylic acids is 1. The van der Waals surface area contributed by atoms with E-state index in [4.69, 9.17) is 13.9 Å². The molecule has 314 valence electrons. The van der Waals surface area contributed by atoms with E-state index in [0.717, 1.165) is 22.5 Å². The lowest BCUT2D eigenvalue weighted by Crippen LogP contribution is -2.61. The summed E-state index contributed by atoms with van der Waals surface area (Å²) in [5.41, 5.74) is -1.39. The minimum absolute atomic E-state index is 0.0179. The summed E-state index contributed by atoms with van der Waals surface area (Å²) < 4.78 is 136. The lowest BCUT2D eigenvalue weighted by molar-refractivity contribution is -0.156. The molecule has 0 bridgehead atoms. The molecule has 2 aliphatic rings. The summed E-state index contributed by atoms with van der Waals surface area (Å²) >= 11 is 0. The monoisotopic (exact) mass is 846 g/mol. The Morgan fingerprint density at radius 1 is 0.930 bits per heavy atom. The molecule has 1 saturated heterocycles. The van der Waals surface area contributed by atoms with Crippen molar-refractivity contribution in [1.82, 2.24) is 9.88 Å². The van der Waals surface area contributed by atoms with Crippen LogP contribution in [-0.4, -0.2) is 96.8 Å². The normalized spacial score (nSPS) is 17.0. The first-order chi connectivity index (χ1) is 26.2. The predicted molar refractivity (Wildman–Crippen MR) is 204 cm³/mol. The highest BCUT2D eigenvalue weighted by molar-refractivity contribution is 7.93. The molecule has 2 aliphatic heterocycles. The van der Waals surface area contributed by atoms with Crippen molar-refractivity contribution in [1.29, 1.82) is 0 Å². The van der Waals surface area contributed by atoms with Crippen LogP contribution in [-0.2, 0) is 30.2 Å². The zero-order valence-electron chi connectivity index (χ0n) is 33.0. The van der Waals surface area contributed by atoms with Crippen molar-refractivity contribution in [2.24, 2.45) is 0 Å². The van der Waals surface area contributed by atoms with Crippen molar-refractivity contribution in [3.8, 4) is 22.8 Å². The summed E-state index contributed by atoms with van der Waals surface area (Å²) in [5, 5.41) is -0.160. The maximum atomic E-state index is 14.9. The molecule has 3 heterocycles. The molecule has 0 unspecified atom stereocenters. The van der Waals surface area contributed by atoms with Crippen molar-refractivity contribution in [3.63, 3.8) is 0 Å². The Morgan fingerprint density at radius 3 is 2.26 bits per heavy atom. The minimum atomic E-state index is -4.97. The third-order valence-electron chi connectivity index (χ3n) is 10.0. The van der Waals surface area contributed by atoms with Crippen molar-refractivity contribution in [2.45, 2.75) is 89.0 Å². The van der Waals surface area contributed by atoms with Gasteiger partial charge in [-0.1, -0.05) is 26.8 Å².